The van der Waals surface area contributed by atoms with E-state index in [0.29, 0.717) is 22.6 Å². The smallest absolute Gasteiger partial charge is 0.347 e. The third kappa shape index (κ3) is 2.64. The standard InChI is InChI=1S/C21H21NO5/c1-4-25-20(23)21(24,14-6-8-18-19(10-14)27-12-26-18)16-11-22(3)17-9-13(2)5-7-15(16)17/h5-11,24H,4,12H2,1-3H3. The van der Waals surface area contributed by atoms with Crippen LogP contribution in [-0.2, 0) is 22.2 Å². The Labute approximate surface area is 156 Å². The first-order valence-corrected chi connectivity index (χ1v) is 8.81. The molecule has 6 nitrogen and oxygen atoms in total. The van der Waals surface area contributed by atoms with Crippen LogP contribution < -0.4 is 9.47 Å². The van der Waals surface area contributed by atoms with Gasteiger partial charge in [0.05, 0.1) is 6.61 Å². The minimum absolute atomic E-state index is 0.115. The van der Waals surface area contributed by atoms with Crippen LogP contribution in [0.15, 0.2) is 42.6 Å². The molecule has 4 rings (SSSR count). The maximum atomic E-state index is 12.9. The lowest BCUT2D eigenvalue weighted by atomic mass is 9.85. The zero-order valence-electron chi connectivity index (χ0n) is 15.5. The van der Waals surface area contributed by atoms with Crippen molar-refractivity contribution in [1.29, 1.82) is 0 Å². The quantitative estimate of drug-likeness (QED) is 0.718. The van der Waals surface area contributed by atoms with Crippen molar-refractivity contribution in [3.63, 3.8) is 0 Å². The molecule has 6 heteroatoms. The van der Waals surface area contributed by atoms with Gasteiger partial charge in [0.15, 0.2) is 11.5 Å². The summed E-state index contributed by atoms with van der Waals surface area (Å²) in [6, 6.07) is 10.9. The zero-order chi connectivity index (χ0) is 19.2. The van der Waals surface area contributed by atoms with Gasteiger partial charge in [-0.25, -0.2) is 4.79 Å². The fourth-order valence-corrected chi connectivity index (χ4v) is 3.52. The lowest BCUT2D eigenvalue weighted by Crippen LogP contribution is -2.38. The van der Waals surface area contributed by atoms with Crippen molar-refractivity contribution >= 4 is 16.9 Å². The number of rotatable bonds is 4. The molecule has 2 heterocycles. The number of hydrogen-bond donors (Lipinski definition) is 1. The molecule has 0 aliphatic carbocycles. The van der Waals surface area contributed by atoms with Crippen LogP contribution in [0.5, 0.6) is 11.5 Å². The van der Waals surface area contributed by atoms with E-state index in [1.54, 1.807) is 31.3 Å². The molecule has 2 aromatic carbocycles. The van der Waals surface area contributed by atoms with Crippen LogP contribution >= 0.6 is 0 Å². The van der Waals surface area contributed by atoms with Crippen molar-refractivity contribution in [1.82, 2.24) is 4.57 Å². The Hall–Kier alpha value is -2.99. The second-order valence-corrected chi connectivity index (χ2v) is 6.67. The van der Waals surface area contributed by atoms with E-state index in [-0.39, 0.29) is 13.4 Å². The highest BCUT2D eigenvalue weighted by atomic mass is 16.7. The van der Waals surface area contributed by atoms with E-state index in [4.69, 9.17) is 14.2 Å². The molecule has 3 aromatic rings. The predicted octanol–water partition coefficient (Wildman–Crippen LogP) is 3.01. The van der Waals surface area contributed by atoms with Gasteiger partial charge < -0.3 is 23.9 Å². The summed E-state index contributed by atoms with van der Waals surface area (Å²) >= 11 is 0. The van der Waals surface area contributed by atoms with Crippen molar-refractivity contribution in [2.75, 3.05) is 13.4 Å². The Bertz CT molecular complexity index is 1040. The van der Waals surface area contributed by atoms with Gasteiger partial charge in [0, 0.05) is 35.3 Å². The second-order valence-electron chi connectivity index (χ2n) is 6.67. The first kappa shape index (κ1) is 17.4. The fourth-order valence-electron chi connectivity index (χ4n) is 3.52. The first-order chi connectivity index (χ1) is 12.9. The highest BCUT2D eigenvalue weighted by molar-refractivity contribution is 5.94. The SMILES string of the molecule is CCOC(=O)C(O)(c1ccc2c(c1)OCO2)c1cn(C)c2cc(C)ccc12. The number of benzene rings is 2. The van der Waals surface area contributed by atoms with E-state index in [9.17, 15) is 9.90 Å². The molecule has 0 saturated heterocycles. The zero-order valence-corrected chi connectivity index (χ0v) is 15.5. The van der Waals surface area contributed by atoms with Gasteiger partial charge in [0.1, 0.15) is 0 Å². The number of aryl methyl sites for hydroxylation is 2. The summed E-state index contributed by atoms with van der Waals surface area (Å²) in [5, 5.41) is 12.5. The Balaban J connectivity index is 1.96. The molecular formula is C21H21NO5. The number of nitrogens with zero attached hydrogens (tertiary/aromatic N) is 1. The molecule has 0 amide bonds. The molecular weight excluding hydrogens is 346 g/mol. The van der Waals surface area contributed by atoms with E-state index >= 15 is 0 Å². The van der Waals surface area contributed by atoms with Gasteiger partial charge in [-0.2, -0.15) is 0 Å². The van der Waals surface area contributed by atoms with Gasteiger partial charge in [-0.15, -0.1) is 0 Å². The van der Waals surface area contributed by atoms with Crippen molar-refractivity contribution in [3.8, 4) is 11.5 Å². The molecule has 1 atom stereocenters. The van der Waals surface area contributed by atoms with Crippen LogP contribution in [0.25, 0.3) is 10.9 Å². The van der Waals surface area contributed by atoms with Crippen LogP contribution in [0.1, 0.15) is 23.6 Å². The van der Waals surface area contributed by atoms with Crippen molar-refractivity contribution < 1.29 is 24.1 Å². The summed E-state index contributed by atoms with van der Waals surface area (Å²) in [5.74, 6) is 0.349. The maximum absolute atomic E-state index is 12.9. The number of hydrogen-bond acceptors (Lipinski definition) is 5. The van der Waals surface area contributed by atoms with E-state index in [2.05, 4.69) is 0 Å². The molecule has 0 fully saturated rings. The number of ether oxygens (including phenoxy) is 3. The number of carbonyl (C=O) groups is 1. The maximum Gasteiger partial charge on any atom is 0.347 e. The van der Waals surface area contributed by atoms with Gasteiger partial charge in [-0.3, -0.25) is 0 Å². The number of esters is 1. The monoisotopic (exact) mass is 367 g/mol. The fraction of sp³-hybridized carbons (Fsp3) is 0.286. The summed E-state index contributed by atoms with van der Waals surface area (Å²) < 4.78 is 17.9. The number of carbonyl (C=O) groups excluding carboxylic acids is 1. The number of aromatic nitrogens is 1. The minimum atomic E-state index is -1.97. The van der Waals surface area contributed by atoms with Crippen LogP contribution in [0, 0.1) is 6.92 Å². The van der Waals surface area contributed by atoms with E-state index in [0.717, 1.165) is 16.5 Å². The molecule has 0 saturated carbocycles. The lowest BCUT2D eigenvalue weighted by molar-refractivity contribution is -0.161. The molecule has 0 spiro atoms. The Morgan fingerprint density at radius 2 is 2.00 bits per heavy atom. The van der Waals surface area contributed by atoms with Crippen LogP contribution in [-0.4, -0.2) is 29.0 Å². The Morgan fingerprint density at radius 3 is 2.78 bits per heavy atom. The third-order valence-corrected chi connectivity index (χ3v) is 4.90. The summed E-state index contributed by atoms with van der Waals surface area (Å²) in [6.07, 6.45) is 1.77. The number of aliphatic hydroxyl groups is 1. The van der Waals surface area contributed by atoms with Crippen molar-refractivity contribution in [3.05, 3.63) is 59.3 Å². The summed E-state index contributed by atoms with van der Waals surface area (Å²) in [6.45, 7) is 3.99. The Morgan fingerprint density at radius 1 is 1.22 bits per heavy atom. The summed E-state index contributed by atoms with van der Waals surface area (Å²) in [4.78, 5) is 12.9. The van der Waals surface area contributed by atoms with Crippen LogP contribution in [0.3, 0.4) is 0 Å². The van der Waals surface area contributed by atoms with Gasteiger partial charge >= 0.3 is 5.97 Å². The molecule has 1 N–H and O–H groups in total. The average Bonchev–Trinajstić information content (AvgIpc) is 3.25. The number of fused-ring (bicyclic) bond motifs is 2. The molecule has 27 heavy (non-hydrogen) atoms. The second kappa shape index (κ2) is 6.32. The molecule has 1 aliphatic rings. The van der Waals surface area contributed by atoms with E-state index in [1.807, 2.05) is 36.7 Å². The normalized spacial score (nSPS) is 15.0. The van der Waals surface area contributed by atoms with Crippen molar-refractivity contribution in [2.24, 2.45) is 7.05 Å². The van der Waals surface area contributed by atoms with Crippen molar-refractivity contribution in [2.45, 2.75) is 19.4 Å². The van der Waals surface area contributed by atoms with Gasteiger partial charge in [-0.1, -0.05) is 18.2 Å². The van der Waals surface area contributed by atoms with Crippen LogP contribution in [0.2, 0.25) is 0 Å². The van der Waals surface area contributed by atoms with Crippen LogP contribution in [0.4, 0.5) is 0 Å². The predicted molar refractivity (Wildman–Crippen MR) is 99.9 cm³/mol. The first-order valence-electron chi connectivity index (χ1n) is 8.81. The van der Waals surface area contributed by atoms with E-state index in [1.165, 1.54) is 0 Å². The molecule has 0 bridgehead atoms. The summed E-state index contributed by atoms with van der Waals surface area (Å²) in [7, 11) is 1.89. The molecule has 1 aliphatic heterocycles. The molecule has 1 unspecified atom stereocenters. The minimum Gasteiger partial charge on any atom is -0.463 e. The average molecular weight is 367 g/mol. The largest absolute Gasteiger partial charge is 0.463 e. The summed E-state index contributed by atoms with van der Waals surface area (Å²) in [5.41, 5.74) is 0.897. The highest BCUT2D eigenvalue weighted by Gasteiger charge is 2.44. The third-order valence-electron chi connectivity index (χ3n) is 4.90. The van der Waals surface area contributed by atoms with Gasteiger partial charge in [0.2, 0.25) is 12.4 Å². The topological polar surface area (TPSA) is 69.9 Å². The molecule has 1 aromatic heterocycles. The lowest BCUT2D eigenvalue weighted by Gasteiger charge is -2.26. The molecule has 0 radical (unpaired) electrons. The Kier molecular flexibility index (Phi) is 4.08. The van der Waals surface area contributed by atoms with Gasteiger partial charge in [0.25, 0.3) is 0 Å². The van der Waals surface area contributed by atoms with E-state index < -0.39 is 11.6 Å². The molecule has 140 valence electrons. The van der Waals surface area contributed by atoms with Gasteiger partial charge in [-0.05, 0) is 37.6 Å². The highest BCUT2D eigenvalue weighted by Crippen LogP contribution is 2.41.